The summed E-state index contributed by atoms with van der Waals surface area (Å²) in [6.45, 7) is 2.99. The summed E-state index contributed by atoms with van der Waals surface area (Å²) in [6.07, 6.45) is 5.06. The molecule has 0 atom stereocenters. The number of rotatable bonds is 9. The van der Waals surface area contributed by atoms with Crippen LogP contribution in [0.25, 0.3) is 0 Å². The maximum Gasteiger partial charge on any atom is 0.0424 e. The standard InChI is InChI=1S/C14H22Cl2N2/c1-17-6-4-2-3-5-7-18-11-12-8-13(15)10-14(16)9-12/h8-10,17-18H,2-7,11H2,1H3. The second-order valence-corrected chi connectivity index (χ2v) is 5.35. The van der Waals surface area contributed by atoms with Crippen LogP contribution in [0, 0.1) is 0 Å². The van der Waals surface area contributed by atoms with Gasteiger partial charge in [-0.15, -0.1) is 0 Å². The Morgan fingerprint density at radius 3 is 2.11 bits per heavy atom. The first-order valence-electron chi connectivity index (χ1n) is 6.52. The summed E-state index contributed by atoms with van der Waals surface area (Å²) >= 11 is 11.9. The molecule has 0 saturated heterocycles. The lowest BCUT2D eigenvalue weighted by Crippen LogP contribution is -2.14. The number of benzene rings is 1. The quantitative estimate of drug-likeness (QED) is 0.674. The zero-order valence-corrected chi connectivity index (χ0v) is 12.4. The third kappa shape index (κ3) is 7.22. The average Bonchev–Trinajstić information content (AvgIpc) is 2.31. The van der Waals surface area contributed by atoms with Crippen LogP contribution in [0.4, 0.5) is 0 Å². The molecule has 0 heterocycles. The third-order valence-electron chi connectivity index (χ3n) is 2.78. The molecule has 0 radical (unpaired) electrons. The minimum Gasteiger partial charge on any atom is -0.320 e. The van der Waals surface area contributed by atoms with Gasteiger partial charge in [-0.1, -0.05) is 36.0 Å². The van der Waals surface area contributed by atoms with Crippen LogP contribution in [0.5, 0.6) is 0 Å². The normalized spacial score (nSPS) is 10.8. The van der Waals surface area contributed by atoms with Gasteiger partial charge in [0, 0.05) is 16.6 Å². The predicted molar refractivity (Wildman–Crippen MR) is 80.6 cm³/mol. The zero-order valence-electron chi connectivity index (χ0n) is 10.9. The van der Waals surface area contributed by atoms with Gasteiger partial charge in [0.2, 0.25) is 0 Å². The Balaban J connectivity index is 2.07. The number of hydrogen-bond acceptors (Lipinski definition) is 2. The molecule has 102 valence electrons. The van der Waals surface area contributed by atoms with Crippen molar-refractivity contribution in [1.29, 1.82) is 0 Å². The Hall–Kier alpha value is -0.280. The van der Waals surface area contributed by atoms with E-state index >= 15 is 0 Å². The van der Waals surface area contributed by atoms with E-state index in [0.717, 1.165) is 25.2 Å². The van der Waals surface area contributed by atoms with Crippen molar-refractivity contribution >= 4 is 23.2 Å². The number of hydrogen-bond donors (Lipinski definition) is 2. The Labute approximate surface area is 120 Å². The molecule has 1 aromatic carbocycles. The van der Waals surface area contributed by atoms with Gasteiger partial charge in [-0.25, -0.2) is 0 Å². The van der Waals surface area contributed by atoms with Crippen molar-refractivity contribution in [2.24, 2.45) is 0 Å². The van der Waals surface area contributed by atoms with Crippen LogP contribution >= 0.6 is 23.2 Å². The highest BCUT2D eigenvalue weighted by atomic mass is 35.5. The van der Waals surface area contributed by atoms with Gasteiger partial charge < -0.3 is 10.6 Å². The largest absolute Gasteiger partial charge is 0.320 e. The molecule has 0 amide bonds. The van der Waals surface area contributed by atoms with E-state index in [2.05, 4.69) is 10.6 Å². The molecule has 1 rings (SSSR count). The maximum atomic E-state index is 5.94. The molecule has 4 heteroatoms. The number of halogens is 2. The van der Waals surface area contributed by atoms with Crippen molar-refractivity contribution in [1.82, 2.24) is 10.6 Å². The van der Waals surface area contributed by atoms with E-state index in [4.69, 9.17) is 23.2 Å². The highest BCUT2D eigenvalue weighted by molar-refractivity contribution is 6.34. The summed E-state index contributed by atoms with van der Waals surface area (Å²) in [5, 5.41) is 7.98. The van der Waals surface area contributed by atoms with E-state index in [1.807, 2.05) is 19.2 Å². The monoisotopic (exact) mass is 288 g/mol. The van der Waals surface area contributed by atoms with E-state index in [0.29, 0.717) is 10.0 Å². The van der Waals surface area contributed by atoms with Crippen LogP contribution in [0.15, 0.2) is 18.2 Å². The van der Waals surface area contributed by atoms with Crippen molar-refractivity contribution in [2.75, 3.05) is 20.1 Å². The molecule has 18 heavy (non-hydrogen) atoms. The Morgan fingerprint density at radius 2 is 1.50 bits per heavy atom. The van der Waals surface area contributed by atoms with E-state index in [1.165, 1.54) is 25.7 Å². The first-order chi connectivity index (χ1) is 8.72. The fourth-order valence-corrected chi connectivity index (χ4v) is 2.42. The summed E-state index contributed by atoms with van der Waals surface area (Å²) in [5.41, 5.74) is 1.14. The molecule has 0 aliphatic heterocycles. The van der Waals surface area contributed by atoms with Gasteiger partial charge in [-0.05, 0) is 56.7 Å². The summed E-state index contributed by atoms with van der Waals surface area (Å²) in [5.74, 6) is 0. The van der Waals surface area contributed by atoms with Crippen molar-refractivity contribution < 1.29 is 0 Å². The van der Waals surface area contributed by atoms with E-state index in [1.54, 1.807) is 6.07 Å². The van der Waals surface area contributed by atoms with Gasteiger partial charge in [0.15, 0.2) is 0 Å². The molecular weight excluding hydrogens is 267 g/mol. The first-order valence-corrected chi connectivity index (χ1v) is 7.28. The molecule has 0 aliphatic rings. The van der Waals surface area contributed by atoms with Crippen LogP contribution in [-0.4, -0.2) is 20.1 Å². The molecule has 0 saturated carbocycles. The van der Waals surface area contributed by atoms with Gasteiger partial charge >= 0.3 is 0 Å². The van der Waals surface area contributed by atoms with Crippen LogP contribution < -0.4 is 10.6 Å². The molecule has 2 nitrogen and oxygen atoms in total. The summed E-state index contributed by atoms with van der Waals surface area (Å²) < 4.78 is 0. The van der Waals surface area contributed by atoms with E-state index < -0.39 is 0 Å². The molecule has 0 unspecified atom stereocenters. The SMILES string of the molecule is CNCCCCCCNCc1cc(Cl)cc(Cl)c1. The van der Waals surface area contributed by atoms with Crippen LogP contribution in [-0.2, 0) is 6.54 Å². The van der Waals surface area contributed by atoms with Crippen molar-refractivity contribution in [2.45, 2.75) is 32.2 Å². The fourth-order valence-electron chi connectivity index (χ4n) is 1.85. The summed E-state index contributed by atoms with van der Waals surface area (Å²) in [7, 11) is 2.00. The predicted octanol–water partition coefficient (Wildman–Crippen LogP) is 3.86. The van der Waals surface area contributed by atoms with E-state index in [-0.39, 0.29) is 0 Å². The van der Waals surface area contributed by atoms with Gasteiger partial charge in [0.1, 0.15) is 0 Å². The molecule has 1 aromatic rings. The molecule has 2 N–H and O–H groups in total. The molecular formula is C14H22Cl2N2. The molecule has 0 aromatic heterocycles. The highest BCUT2D eigenvalue weighted by Crippen LogP contribution is 2.18. The lowest BCUT2D eigenvalue weighted by atomic mass is 10.2. The lowest BCUT2D eigenvalue weighted by Gasteiger charge is -2.06. The summed E-state index contributed by atoms with van der Waals surface area (Å²) in [6, 6.07) is 5.66. The number of nitrogens with one attached hydrogen (secondary N) is 2. The average molecular weight is 289 g/mol. The first kappa shape index (κ1) is 15.8. The molecule has 0 fully saturated rings. The zero-order chi connectivity index (χ0) is 13.2. The second-order valence-electron chi connectivity index (χ2n) is 4.47. The van der Waals surface area contributed by atoms with Gasteiger partial charge in [0.25, 0.3) is 0 Å². The Kier molecular flexibility index (Phi) is 8.44. The minimum absolute atomic E-state index is 0.700. The van der Waals surface area contributed by atoms with Gasteiger partial charge in [-0.3, -0.25) is 0 Å². The van der Waals surface area contributed by atoms with Crippen molar-refractivity contribution in [3.63, 3.8) is 0 Å². The molecule has 0 bridgehead atoms. The number of unbranched alkanes of at least 4 members (excludes halogenated alkanes) is 3. The third-order valence-corrected chi connectivity index (χ3v) is 3.22. The van der Waals surface area contributed by atoms with Crippen LogP contribution in [0.3, 0.4) is 0 Å². The van der Waals surface area contributed by atoms with Gasteiger partial charge in [-0.2, -0.15) is 0 Å². The van der Waals surface area contributed by atoms with E-state index in [9.17, 15) is 0 Å². The topological polar surface area (TPSA) is 24.1 Å². The fraction of sp³-hybridized carbons (Fsp3) is 0.571. The lowest BCUT2D eigenvalue weighted by molar-refractivity contribution is 0.577. The molecule has 0 spiro atoms. The van der Waals surface area contributed by atoms with Crippen molar-refractivity contribution in [3.05, 3.63) is 33.8 Å². The molecule has 0 aliphatic carbocycles. The maximum absolute atomic E-state index is 5.94. The second kappa shape index (κ2) is 9.62. The Morgan fingerprint density at radius 1 is 0.889 bits per heavy atom. The van der Waals surface area contributed by atoms with Crippen LogP contribution in [0.1, 0.15) is 31.2 Å². The Bertz CT molecular complexity index is 322. The van der Waals surface area contributed by atoms with Crippen molar-refractivity contribution in [3.8, 4) is 0 Å². The summed E-state index contributed by atoms with van der Waals surface area (Å²) in [4.78, 5) is 0. The minimum atomic E-state index is 0.700. The van der Waals surface area contributed by atoms with Crippen LogP contribution in [0.2, 0.25) is 10.0 Å². The highest BCUT2D eigenvalue weighted by Gasteiger charge is 1.98. The van der Waals surface area contributed by atoms with Gasteiger partial charge in [0.05, 0.1) is 0 Å². The smallest absolute Gasteiger partial charge is 0.0424 e.